The van der Waals surface area contributed by atoms with E-state index >= 15 is 0 Å². The van der Waals surface area contributed by atoms with Crippen molar-refractivity contribution in [2.75, 3.05) is 0 Å². The van der Waals surface area contributed by atoms with Gasteiger partial charge < -0.3 is 5.73 Å². The number of hydrogen-bond acceptors (Lipinski definition) is 3. The van der Waals surface area contributed by atoms with Gasteiger partial charge in [0.2, 0.25) is 0 Å². The van der Waals surface area contributed by atoms with Crippen LogP contribution in [0.5, 0.6) is 0 Å². The van der Waals surface area contributed by atoms with Gasteiger partial charge in [-0.1, -0.05) is 6.92 Å². The van der Waals surface area contributed by atoms with E-state index in [-0.39, 0.29) is 6.04 Å². The quantitative estimate of drug-likeness (QED) is 0.939. The van der Waals surface area contributed by atoms with Crippen molar-refractivity contribution in [1.29, 1.82) is 0 Å². The lowest BCUT2D eigenvalue weighted by Crippen LogP contribution is -2.14. The number of nitrogens with zero attached hydrogens (tertiary/aromatic N) is 2. The molecule has 3 nitrogen and oxygen atoms in total. The molecule has 20 heavy (non-hydrogen) atoms. The average molecular weight is 289 g/mol. The minimum atomic E-state index is 0.103. The maximum atomic E-state index is 6.43. The first kappa shape index (κ1) is 13.8. The van der Waals surface area contributed by atoms with E-state index in [0.29, 0.717) is 0 Å². The summed E-state index contributed by atoms with van der Waals surface area (Å²) in [6, 6.07) is 4.64. The van der Waals surface area contributed by atoms with Gasteiger partial charge in [0.15, 0.2) is 0 Å². The molecule has 0 spiro atoms. The second kappa shape index (κ2) is 5.70. The minimum absolute atomic E-state index is 0.103. The van der Waals surface area contributed by atoms with Crippen LogP contribution in [0.2, 0.25) is 0 Å². The van der Waals surface area contributed by atoms with Crippen LogP contribution < -0.4 is 5.73 Å². The molecule has 0 aliphatic heterocycles. The Morgan fingerprint density at radius 2 is 2.15 bits per heavy atom. The number of hydrogen-bond donors (Lipinski definition) is 1. The standard InChI is InChI=1S/C16H23N3S/c1-3-12-9-13(19(2)18-12)10-14(17)16-8-11-6-4-5-7-15(11)20-16/h8-9,14H,3-7,10,17H2,1-2H3. The van der Waals surface area contributed by atoms with Gasteiger partial charge in [0.05, 0.1) is 5.69 Å². The summed E-state index contributed by atoms with van der Waals surface area (Å²) in [5.41, 5.74) is 10.4. The molecule has 0 radical (unpaired) electrons. The summed E-state index contributed by atoms with van der Waals surface area (Å²) in [6.45, 7) is 2.14. The monoisotopic (exact) mass is 289 g/mol. The van der Waals surface area contributed by atoms with Gasteiger partial charge in [-0.25, -0.2) is 0 Å². The highest BCUT2D eigenvalue weighted by Gasteiger charge is 2.18. The van der Waals surface area contributed by atoms with Crippen LogP contribution >= 0.6 is 11.3 Å². The van der Waals surface area contributed by atoms with Crippen molar-refractivity contribution in [3.05, 3.63) is 38.8 Å². The lowest BCUT2D eigenvalue weighted by molar-refractivity contribution is 0.643. The Morgan fingerprint density at radius 1 is 1.35 bits per heavy atom. The van der Waals surface area contributed by atoms with Gasteiger partial charge >= 0.3 is 0 Å². The van der Waals surface area contributed by atoms with Crippen LogP contribution in [0.1, 0.15) is 52.5 Å². The summed E-state index contributed by atoms with van der Waals surface area (Å²) < 4.78 is 1.98. The number of fused-ring (bicyclic) bond motifs is 1. The van der Waals surface area contributed by atoms with Crippen LogP contribution in [-0.4, -0.2) is 9.78 Å². The SMILES string of the molecule is CCc1cc(CC(N)c2cc3c(s2)CCCC3)n(C)n1. The van der Waals surface area contributed by atoms with Crippen molar-refractivity contribution in [3.63, 3.8) is 0 Å². The van der Waals surface area contributed by atoms with Gasteiger partial charge in [-0.2, -0.15) is 5.10 Å². The maximum absolute atomic E-state index is 6.43. The molecular weight excluding hydrogens is 266 g/mol. The lowest BCUT2D eigenvalue weighted by atomic mass is 9.98. The molecule has 0 saturated carbocycles. The molecule has 2 heterocycles. The van der Waals surface area contributed by atoms with Gasteiger partial charge in [0.1, 0.15) is 0 Å². The molecule has 2 aromatic heterocycles. The van der Waals surface area contributed by atoms with Crippen molar-refractivity contribution in [2.45, 2.75) is 51.5 Å². The van der Waals surface area contributed by atoms with Crippen LogP contribution in [0, 0.1) is 0 Å². The largest absolute Gasteiger partial charge is 0.323 e. The zero-order chi connectivity index (χ0) is 14.1. The number of aromatic nitrogens is 2. The zero-order valence-corrected chi connectivity index (χ0v) is 13.2. The van der Waals surface area contributed by atoms with E-state index < -0.39 is 0 Å². The third kappa shape index (κ3) is 2.67. The smallest absolute Gasteiger partial charge is 0.0624 e. The van der Waals surface area contributed by atoms with Gasteiger partial charge in [0.25, 0.3) is 0 Å². The maximum Gasteiger partial charge on any atom is 0.0624 e. The molecule has 108 valence electrons. The van der Waals surface area contributed by atoms with Crippen molar-refractivity contribution in [1.82, 2.24) is 9.78 Å². The Bertz CT molecular complexity index is 573. The highest BCUT2D eigenvalue weighted by Crippen LogP contribution is 2.33. The van der Waals surface area contributed by atoms with E-state index in [0.717, 1.165) is 18.5 Å². The fourth-order valence-corrected chi connectivity index (χ4v) is 4.22. The Morgan fingerprint density at radius 3 is 2.85 bits per heavy atom. The summed E-state index contributed by atoms with van der Waals surface area (Å²) in [6.07, 6.45) is 7.02. The normalized spacial score (nSPS) is 16.1. The number of nitrogens with two attached hydrogens (primary N) is 1. The number of thiophene rings is 1. The van der Waals surface area contributed by atoms with Crippen molar-refractivity contribution in [3.8, 4) is 0 Å². The Balaban J connectivity index is 1.76. The minimum Gasteiger partial charge on any atom is -0.323 e. The molecule has 1 unspecified atom stereocenters. The first-order valence-electron chi connectivity index (χ1n) is 7.56. The van der Waals surface area contributed by atoms with Crippen molar-refractivity contribution >= 4 is 11.3 Å². The molecule has 0 aromatic carbocycles. The van der Waals surface area contributed by atoms with Crippen LogP contribution in [0.25, 0.3) is 0 Å². The predicted octanol–water partition coefficient (Wildman–Crippen LogP) is 3.17. The van der Waals surface area contributed by atoms with E-state index in [1.807, 2.05) is 23.1 Å². The third-order valence-electron chi connectivity index (χ3n) is 4.20. The molecule has 2 N–H and O–H groups in total. The third-order valence-corrected chi connectivity index (χ3v) is 5.57. The molecule has 2 aromatic rings. The summed E-state index contributed by atoms with van der Waals surface area (Å²) in [5.74, 6) is 0. The Hall–Kier alpha value is -1.13. The Kier molecular flexibility index (Phi) is 3.94. The highest BCUT2D eigenvalue weighted by molar-refractivity contribution is 7.12. The van der Waals surface area contributed by atoms with Crippen LogP contribution in [-0.2, 0) is 32.7 Å². The Labute approximate surface area is 124 Å². The average Bonchev–Trinajstić information content (AvgIpc) is 3.02. The van der Waals surface area contributed by atoms with E-state index in [1.54, 1.807) is 10.4 Å². The van der Waals surface area contributed by atoms with Gasteiger partial charge in [0, 0.05) is 35.0 Å². The molecule has 0 fully saturated rings. The van der Waals surface area contributed by atoms with Gasteiger partial charge in [-0.15, -0.1) is 11.3 Å². The second-order valence-electron chi connectivity index (χ2n) is 5.72. The predicted molar refractivity (Wildman–Crippen MR) is 84.2 cm³/mol. The summed E-state index contributed by atoms with van der Waals surface area (Å²) in [5, 5.41) is 4.51. The summed E-state index contributed by atoms with van der Waals surface area (Å²) in [4.78, 5) is 2.91. The molecule has 0 saturated heterocycles. The zero-order valence-electron chi connectivity index (χ0n) is 12.4. The van der Waals surface area contributed by atoms with Gasteiger partial charge in [-0.3, -0.25) is 4.68 Å². The molecule has 0 amide bonds. The number of rotatable bonds is 4. The molecular formula is C16H23N3S. The van der Waals surface area contributed by atoms with E-state index in [2.05, 4.69) is 24.2 Å². The number of aryl methyl sites for hydroxylation is 4. The van der Waals surface area contributed by atoms with Crippen molar-refractivity contribution < 1.29 is 0 Å². The molecule has 3 rings (SSSR count). The van der Waals surface area contributed by atoms with Crippen molar-refractivity contribution in [2.24, 2.45) is 12.8 Å². The molecule has 0 bridgehead atoms. The topological polar surface area (TPSA) is 43.8 Å². The van der Waals surface area contributed by atoms with E-state index in [1.165, 1.54) is 36.3 Å². The lowest BCUT2D eigenvalue weighted by Gasteiger charge is -2.09. The van der Waals surface area contributed by atoms with Crippen LogP contribution in [0.4, 0.5) is 0 Å². The molecule has 1 atom stereocenters. The molecule has 4 heteroatoms. The first-order valence-corrected chi connectivity index (χ1v) is 8.38. The highest BCUT2D eigenvalue weighted by atomic mass is 32.1. The fourth-order valence-electron chi connectivity index (χ4n) is 2.96. The summed E-state index contributed by atoms with van der Waals surface area (Å²) in [7, 11) is 2.01. The first-order chi connectivity index (χ1) is 9.67. The molecule has 1 aliphatic rings. The van der Waals surface area contributed by atoms with Crippen LogP contribution in [0.3, 0.4) is 0 Å². The fraction of sp³-hybridized carbons (Fsp3) is 0.562. The second-order valence-corrected chi connectivity index (χ2v) is 6.89. The van der Waals surface area contributed by atoms with Crippen LogP contribution in [0.15, 0.2) is 12.1 Å². The molecule has 1 aliphatic carbocycles. The van der Waals surface area contributed by atoms with Gasteiger partial charge in [-0.05, 0) is 49.8 Å². The van der Waals surface area contributed by atoms with E-state index in [4.69, 9.17) is 5.73 Å². The summed E-state index contributed by atoms with van der Waals surface area (Å²) >= 11 is 1.93. The van der Waals surface area contributed by atoms with E-state index in [9.17, 15) is 0 Å².